The zero-order chi connectivity index (χ0) is 10.1. The topological polar surface area (TPSA) is 12.9 Å². The number of alkyl halides is 1. The molecule has 1 heterocycles. The first-order chi connectivity index (χ1) is 6.66. The third kappa shape index (κ3) is 2.62. The molecule has 0 aliphatic heterocycles. The first kappa shape index (κ1) is 10.7. The molecule has 0 bridgehead atoms. The SMILES string of the molecule is Clc1cnc(CC(Br)C2CC2)c(Cl)c1. The summed E-state index contributed by atoms with van der Waals surface area (Å²) in [7, 11) is 0. The van der Waals surface area contributed by atoms with Gasteiger partial charge in [0.1, 0.15) is 0 Å². The Morgan fingerprint density at radius 3 is 2.79 bits per heavy atom. The second-order valence-corrected chi connectivity index (χ2v) is 5.66. The highest BCUT2D eigenvalue weighted by molar-refractivity contribution is 9.09. The van der Waals surface area contributed by atoms with Gasteiger partial charge in [-0.3, -0.25) is 4.98 Å². The normalized spacial score (nSPS) is 18.2. The quantitative estimate of drug-likeness (QED) is 0.765. The van der Waals surface area contributed by atoms with Crippen molar-refractivity contribution in [3.8, 4) is 0 Å². The summed E-state index contributed by atoms with van der Waals surface area (Å²) in [5.41, 5.74) is 0.935. The number of halogens is 3. The summed E-state index contributed by atoms with van der Waals surface area (Å²) >= 11 is 15.5. The summed E-state index contributed by atoms with van der Waals surface area (Å²) in [4.78, 5) is 4.74. The van der Waals surface area contributed by atoms with E-state index >= 15 is 0 Å². The minimum absolute atomic E-state index is 0.508. The lowest BCUT2D eigenvalue weighted by Gasteiger charge is -2.08. The fourth-order valence-corrected chi connectivity index (χ4v) is 2.69. The Kier molecular flexibility index (Phi) is 3.35. The van der Waals surface area contributed by atoms with Crippen LogP contribution in [0.1, 0.15) is 18.5 Å². The van der Waals surface area contributed by atoms with Gasteiger partial charge in [-0.2, -0.15) is 0 Å². The van der Waals surface area contributed by atoms with Gasteiger partial charge in [0.2, 0.25) is 0 Å². The summed E-state index contributed by atoms with van der Waals surface area (Å²) in [6.07, 6.45) is 5.18. The van der Waals surface area contributed by atoms with E-state index in [1.54, 1.807) is 12.3 Å². The molecular weight excluding hydrogens is 285 g/mol. The van der Waals surface area contributed by atoms with Gasteiger partial charge < -0.3 is 0 Å². The van der Waals surface area contributed by atoms with Crippen molar-refractivity contribution in [1.29, 1.82) is 0 Å². The van der Waals surface area contributed by atoms with Crippen LogP contribution in [0.2, 0.25) is 10.0 Å². The van der Waals surface area contributed by atoms with Crippen molar-refractivity contribution in [2.75, 3.05) is 0 Å². The Labute approximate surface area is 102 Å². The van der Waals surface area contributed by atoms with Crippen LogP contribution in [0.5, 0.6) is 0 Å². The van der Waals surface area contributed by atoms with Crippen LogP contribution in [-0.4, -0.2) is 9.81 Å². The van der Waals surface area contributed by atoms with Crippen LogP contribution in [0.25, 0.3) is 0 Å². The molecule has 14 heavy (non-hydrogen) atoms. The van der Waals surface area contributed by atoms with Crippen molar-refractivity contribution in [2.24, 2.45) is 5.92 Å². The van der Waals surface area contributed by atoms with Gasteiger partial charge in [-0.1, -0.05) is 39.1 Å². The smallest absolute Gasteiger partial charge is 0.0636 e. The Bertz CT molecular complexity index is 339. The lowest BCUT2D eigenvalue weighted by Crippen LogP contribution is -2.06. The first-order valence-electron chi connectivity index (χ1n) is 4.61. The van der Waals surface area contributed by atoms with Crippen LogP contribution in [0.4, 0.5) is 0 Å². The highest BCUT2D eigenvalue weighted by Crippen LogP contribution is 2.38. The van der Waals surface area contributed by atoms with Gasteiger partial charge in [0.05, 0.1) is 15.7 Å². The third-order valence-corrected chi connectivity index (χ3v) is 4.01. The number of hydrogen-bond acceptors (Lipinski definition) is 1. The number of aromatic nitrogens is 1. The number of nitrogens with zero attached hydrogens (tertiary/aromatic N) is 1. The maximum Gasteiger partial charge on any atom is 0.0636 e. The van der Waals surface area contributed by atoms with Crippen LogP contribution in [0.15, 0.2) is 12.3 Å². The molecule has 0 spiro atoms. The van der Waals surface area contributed by atoms with Crippen LogP contribution in [-0.2, 0) is 6.42 Å². The lowest BCUT2D eigenvalue weighted by atomic mass is 10.1. The maximum absolute atomic E-state index is 6.03. The van der Waals surface area contributed by atoms with Crippen LogP contribution in [0.3, 0.4) is 0 Å². The molecule has 1 nitrogen and oxygen atoms in total. The monoisotopic (exact) mass is 293 g/mol. The number of hydrogen-bond donors (Lipinski definition) is 0. The summed E-state index contributed by atoms with van der Waals surface area (Å²) in [5.74, 6) is 0.809. The molecule has 0 N–H and O–H groups in total. The van der Waals surface area contributed by atoms with Gasteiger partial charge in [-0.25, -0.2) is 0 Å². The fraction of sp³-hybridized carbons (Fsp3) is 0.500. The number of rotatable bonds is 3. The summed E-state index contributed by atoms with van der Waals surface area (Å²) < 4.78 is 0. The summed E-state index contributed by atoms with van der Waals surface area (Å²) in [6.45, 7) is 0. The van der Waals surface area contributed by atoms with E-state index in [1.807, 2.05) is 0 Å². The zero-order valence-corrected chi connectivity index (χ0v) is 10.6. The molecular formula is C10H10BrCl2N. The van der Waals surface area contributed by atoms with E-state index in [4.69, 9.17) is 23.2 Å². The van der Waals surface area contributed by atoms with Crippen molar-refractivity contribution in [3.05, 3.63) is 28.0 Å². The largest absolute Gasteiger partial charge is 0.258 e. The second-order valence-electron chi connectivity index (χ2n) is 3.64. The molecule has 1 unspecified atom stereocenters. The molecule has 1 aromatic heterocycles. The molecule has 1 aliphatic carbocycles. The van der Waals surface area contributed by atoms with E-state index in [2.05, 4.69) is 20.9 Å². The van der Waals surface area contributed by atoms with Gasteiger partial charge in [-0.15, -0.1) is 0 Å². The van der Waals surface area contributed by atoms with E-state index in [0.717, 1.165) is 18.0 Å². The Hall–Kier alpha value is 0.210. The molecule has 1 aromatic rings. The Morgan fingerprint density at radius 1 is 1.50 bits per heavy atom. The van der Waals surface area contributed by atoms with Crippen molar-refractivity contribution in [3.63, 3.8) is 0 Å². The maximum atomic E-state index is 6.03. The highest BCUT2D eigenvalue weighted by atomic mass is 79.9. The Balaban J connectivity index is 2.07. The molecule has 76 valence electrons. The van der Waals surface area contributed by atoms with Crippen molar-refractivity contribution in [2.45, 2.75) is 24.1 Å². The van der Waals surface area contributed by atoms with Crippen molar-refractivity contribution < 1.29 is 0 Å². The lowest BCUT2D eigenvalue weighted by molar-refractivity contribution is 0.747. The molecule has 1 saturated carbocycles. The zero-order valence-electron chi connectivity index (χ0n) is 7.51. The van der Waals surface area contributed by atoms with Crippen molar-refractivity contribution in [1.82, 2.24) is 4.98 Å². The summed E-state index contributed by atoms with van der Waals surface area (Å²) in [6, 6.07) is 1.75. The Morgan fingerprint density at radius 2 is 2.21 bits per heavy atom. The molecule has 1 fully saturated rings. The predicted octanol–water partition coefficient (Wildman–Crippen LogP) is 4.10. The van der Waals surface area contributed by atoms with Gasteiger partial charge >= 0.3 is 0 Å². The van der Waals surface area contributed by atoms with Crippen molar-refractivity contribution >= 4 is 39.1 Å². The van der Waals surface area contributed by atoms with E-state index in [9.17, 15) is 0 Å². The third-order valence-electron chi connectivity index (χ3n) is 2.41. The molecule has 1 aliphatic rings. The van der Waals surface area contributed by atoms with E-state index in [-0.39, 0.29) is 0 Å². The van der Waals surface area contributed by atoms with Gasteiger partial charge in [-0.05, 0) is 24.8 Å². The minimum atomic E-state index is 0.508. The number of pyridine rings is 1. The van der Waals surface area contributed by atoms with Crippen LogP contribution >= 0.6 is 39.1 Å². The van der Waals surface area contributed by atoms with Gasteiger partial charge in [0, 0.05) is 17.4 Å². The molecule has 0 aromatic carbocycles. The predicted molar refractivity (Wildman–Crippen MR) is 63.4 cm³/mol. The van der Waals surface area contributed by atoms with Gasteiger partial charge in [0.25, 0.3) is 0 Å². The molecule has 1 atom stereocenters. The van der Waals surface area contributed by atoms with E-state index in [0.29, 0.717) is 14.9 Å². The standard InChI is InChI=1S/C10H10BrCl2N/c11-8(6-1-2-6)4-10-9(13)3-7(12)5-14-10/h3,5-6,8H,1-2,4H2. The van der Waals surface area contributed by atoms with E-state index in [1.165, 1.54) is 12.8 Å². The molecule has 0 amide bonds. The van der Waals surface area contributed by atoms with Crippen LogP contribution in [0, 0.1) is 5.92 Å². The summed E-state index contributed by atoms with van der Waals surface area (Å²) in [5, 5.41) is 1.26. The second kappa shape index (κ2) is 4.38. The average molecular weight is 295 g/mol. The molecule has 4 heteroatoms. The molecule has 0 saturated heterocycles. The average Bonchev–Trinajstić information content (AvgIpc) is 2.92. The van der Waals surface area contributed by atoms with Gasteiger partial charge in [0.15, 0.2) is 0 Å². The first-order valence-corrected chi connectivity index (χ1v) is 6.28. The molecule has 2 rings (SSSR count). The fourth-order valence-electron chi connectivity index (χ4n) is 1.40. The highest BCUT2D eigenvalue weighted by Gasteiger charge is 2.29. The molecule has 0 radical (unpaired) electrons. The van der Waals surface area contributed by atoms with Crippen LogP contribution < -0.4 is 0 Å². The minimum Gasteiger partial charge on any atom is -0.258 e. The van der Waals surface area contributed by atoms with E-state index < -0.39 is 0 Å².